The minimum atomic E-state index is -0.216. The number of benzene rings is 2. The molecule has 0 aliphatic heterocycles. The molecule has 25 heavy (non-hydrogen) atoms. The van der Waals surface area contributed by atoms with Crippen LogP contribution < -0.4 is 0 Å². The van der Waals surface area contributed by atoms with Gasteiger partial charge in [0.15, 0.2) is 0 Å². The number of aromatic nitrogens is 2. The molecule has 4 heteroatoms. The second kappa shape index (κ2) is 6.45. The predicted octanol–water partition coefficient (Wildman–Crippen LogP) is 5.80. The number of pyridine rings is 1. The van der Waals surface area contributed by atoms with Gasteiger partial charge in [-0.3, -0.25) is 0 Å². The molecule has 0 aliphatic carbocycles. The van der Waals surface area contributed by atoms with Gasteiger partial charge in [0.2, 0.25) is 0 Å². The largest absolute Gasteiger partial charge is 0.303 e. The lowest BCUT2D eigenvalue weighted by Crippen LogP contribution is -1.97. The van der Waals surface area contributed by atoms with Gasteiger partial charge in [-0.05, 0) is 48.4 Å². The third-order valence-corrected chi connectivity index (χ3v) is 4.72. The van der Waals surface area contributed by atoms with Crippen molar-refractivity contribution in [2.45, 2.75) is 13.3 Å². The van der Waals surface area contributed by atoms with Gasteiger partial charge in [0.25, 0.3) is 0 Å². The number of hydrogen-bond donors (Lipinski definition) is 0. The molecule has 0 spiro atoms. The quantitative estimate of drug-likeness (QED) is 0.429. The van der Waals surface area contributed by atoms with Gasteiger partial charge in [-0.2, -0.15) is 0 Å². The topological polar surface area (TPSA) is 17.3 Å². The summed E-state index contributed by atoms with van der Waals surface area (Å²) in [6, 6.07) is 18.9. The van der Waals surface area contributed by atoms with E-state index in [4.69, 9.17) is 4.98 Å². The van der Waals surface area contributed by atoms with E-state index in [0.29, 0.717) is 6.42 Å². The zero-order chi connectivity index (χ0) is 17.4. The standard InChI is InChI=1S/C21H16BrFN2/c1-14-8-9-20-24-21(16-5-3-6-17(22)12-16)19(25(20)13-14)11-15-4-2-7-18(23)10-15/h2-10,12-13H,11H2,1H3. The number of halogens is 2. The number of hydrogen-bond acceptors (Lipinski definition) is 1. The van der Waals surface area contributed by atoms with E-state index in [9.17, 15) is 4.39 Å². The van der Waals surface area contributed by atoms with Gasteiger partial charge >= 0.3 is 0 Å². The molecule has 2 nitrogen and oxygen atoms in total. The molecule has 2 aromatic heterocycles. The summed E-state index contributed by atoms with van der Waals surface area (Å²) < 4.78 is 16.7. The van der Waals surface area contributed by atoms with Crippen LogP contribution in [-0.4, -0.2) is 9.38 Å². The van der Waals surface area contributed by atoms with Gasteiger partial charge < -0.3 is 4.40 Å². The SMILES string of the molecule is Cc1ccc2nc(-c3cccc(Br)c3)c(Cc3cccc(F)c3)n2c1. The van der Waals surface area contributed by atoms with Crippen LogP contribution in [0.4, 0.5) is 4.39 Å². The molecule has 0 fully saturated rings. The Kier molecular flexibility index (Phi) is 4.14. The van der Waals surface area contributed by atoms with E-state index in [1.54, 1.807) is 12.1 Å². The summed E-state index contributed by atoms with van der Waals surface area (Å²) >= 11 is 3.53. The van der Waals surface area contributed by atoms with E-state index in [0.717, 1.165) is 38.2 Å². The first-order chi connectivity index (χ1) is 12.1. The first-order valence-electron chi connectivity index (χ1n) is 8.08. The summed E-state index contributed by atoms with van der Waals surface area (Å²) in [7, 11) is 0. The Labute approximate surface area is 154 Å². The molecule has 124 valence electrons. The zero-order valence-electron chi connectivity index (χ0n) is 13.7. The van der Waals surface area contributed by atoms with Crippen LogP contribution in [0.25, 0.3) is 16.9 Å². The Bertz CT molecular complexity index is 1070. The van der Waals surface area contributed by atoms with Crippen molar-refractivity contribution in [1.29, 1.82) is 0 Å². The lowest BCUT2D eigenvalue weighted by atomic mass is 10.0. The highest BCUT2D eigenvalue weighted by molar-refractivity contribution is 9.10. The minimum absolute atomic E-state index is 0.216. The van der Waals surface area contributed by atoms with E-state index in [-0.39, 0.29) is 5.82 Å². The number of nitrogens with zero attached hydrogens (tertiary/aromatic N) is 2. The Morgan fingerprint density at radius 1 is 1.04 bits per heavy atom. The van der Waals surface area contributed by atoms with Crippen LogP contribution in [0, 0.1) is 12.7 Å². The number of fused-ring (bicyclic) bond motifs is 1. The first-order valence-corrected chi connectivity index (χ1v) is 8.87. The van der Waals surface area contributed by atoms with Gasteiger partial charge in [0.1, 0.15) is 11.5 Å². The first kappa shape index (κ1) is 16.0. The maximum Gasteiger partial charge on any atom is 0.137 e. The van der Waals surface area contributed by atoms with Crippen LogP contribution in [0.5, 0.6) is 0 Å². The van der Waals surface area contributed by atoms with Crippen molar-refractivity contribution in [3.63, 3.8) is 0 Å². The highest BCUT2D eigenvalue weighted by Crippen LogP contribution is 2.29. The fraction of sp³-hybridized carbons (Fsp3) is 0.0952. The van der Waals surface area contributed by atoms with Crippen LogP contribution in [0.15, 0.2) is 71.3 Å². The molecule has 0 aliphatic rings. The Hall–Kier alpha value is -2.46. The normalized spacial score (nSPS) is 11.2. The summed E-state index contributed by atoms with van der Waals surface area (Å²) in [6.07, 6.45) is 2.70. The zero-order valence-corrected chi connectivity index (χ0v) is 15.3. The van der Waals surface area contributed by atoms with Gasteiger partial charge in [0.05, 0.1) is 11.4 Å². The molecule has 0 saturated carbocycles. The van der Waals surface area contributed by atoms with Crippen molar-refractivity contribution >= 4 is 21.6 Å². The molecule has 0 saturated heterocycles. The minimum Gasteiger partial charge on any atom is -0.303 e. The second-order valence-electron chi connectivity index (χ2n) is 6.16. The van der Waals surface area contributed by atoms with Crippen molar-refractivity contribution in [2.24, 2.45) is 0 Å². The molecule has 0 bridgehead atoms. The smallest absolute Gasteiger partial charge is 0.137 e. The van der Waals surface area contributed by atoms with Gasteiger partial charge in [-0.1, -0.05) is 46.3 Å². The predicted molar refractivity (Wildman–Crippen MR) is 102 cm³/mol. The van der Waals surface area contributed by atoms with Crippen LogP contribution in [0.1, 0.15) is 16.8 Å². The molecule has 0 atom stereocenters. The average molecular weight is 395 g/mol. The maximum atomic E-state index is 13.6. The molecular weight excluding hydrogens is 379 g/mol. The summed E-state index contributed by atoms with van der Waals surface area (Å²) in [6.45, 7) is 2.06. The summed E-state index contributed by atoms with van der Waals surface area (Å²) in [5, 5.41) is 0. The van der Waals surface area contributed by atoms with Crippen LogP contribution in [0.2, 0.25) is 0 Å². The lowest BCUT2D eigenvalue weighted by molar-refractivity contribution is 0.626. The Morgan fingerprint density at radius 3 is 2.68 bits per heavy atom. The fourth-order valence-electron chi connectivity index (χ4n) is 3.08. The number of aryl methyl sites for hydroxylation is 1. The highest BCUT2D eigenvalue weighted by atomic mass is 79.9. The molecule has 4 rings (SSSR count). The van der Waals surface area contributed by atoms with Crippen LogP contribution in [0.3, 0.4) is 0 Å². The third kappa shape index (κ3) is 3.22. The van der Waals surface area contributed by atoms with Crippen LogP contribution in [-0.2, 0) is 6.42 Å². The van der Waals surface area contributed by atoms with Gasteiger partial charge in [-0.15, -0.1) is 0 Å². The molecule has 0 unspecified atom stereocenters. The number of rotatable bonds is 3. The van der Waals surface area contributed by atoms with E-state index in [1.807, 2.05) is 24.3 Å². The van der Waals surface area contributed by atoms with E-state index >= 15 is 0 Å². The third-order valence-electron chi connectivity index (χ3n) is 4.22. The molecule has 0 radical (unpaired) electrons. The van der Waals surface area contributed by atoms with Gasteiger partial charge in [-0.25, -0.2) is 9.37 Å². The molecule has 4 aromatic rings. The molecular formula is C21H16BrFN2. The highest BCUT2D eigenvalue weighted by Gasteiger charge is 2.15. The van der Waals surface area contributed by atoms with Crippen molar-refractivity contribution in [3.05, 3.63) is 94.0 Å². The Balaban J connectivity index is 1.92. The number of imidazole rings is 1. The molecule has 0 amide bonds. The van der Waals surface area contributed by atoms with Crippen LogP contribution >= 0.6 is 15.9 Å². The molecule has 2 heterocycles. The second-order valence-corrected chi connectivity index (χ2v) is 7.07. The molecule has 2 aromatic carbocycles. The van der Waals surface area contributed by atoms with E-state index < -0.39 is 0 Å². The van der Waals surface area contributed by atoms with Crippen molar-refractivity contribution in [2.75, 3.05) is 0 Å². The summed E-state index contributed by atoms with van der Waals surface area (Å²) in [4.78, 5) is 4.83. The summed E-state index contributed by atoms with van der Waals surface area (Å²) in [5.41, 5.74) is 6.01. The van der Waals surface area contributed by atoms with Crippen molar-refractivity contribution in [3.8, 4) is 11.3 Å². The average Bonchev–Trinajstić information content (AvgIpc) is 2.93. The summed E-state index contributed by atoms with van der Waals surface area (Å²) in [5.74, 6) is -0.216. The van der Waals surface area contributed by atoms with Crippen molar-refractivity contribution < 1.29 is 4.39 Å². The van der Waals surface area contributed by atoms with E-state index in [1.165, 1.54) is 6.07 Å². The molecule has 0 N–H and O–H groups in total. The fourth-order valence-corrected chi connectivity index (χ4v) is 3.47. The Morgan fingerprint density at radius 2 is 1.88 bits per heavy atom. The lowest BCUT2D eigenvalue weighted by Gasteiger charge is -2.07. The monoisotopic (exact) mass is 394 g/mol. The van der Waals surface area contributed by atoms with E-state index in [2.05, 4.69) is 51.7 Å². The van der Waals surface area contributed by atoms with Crippen molar-refractivity contribution in [1.82, 2.24) is 9.38 Å². The maximum absolute atomic E-state index is 13.6. The van der Waals surface area contributed by atoms with Gasteiger partial charge in [0, 0.05) is 22.7 Å².